The van der Waals surface area contributed by atoms with Crippen LogP contribution in [-0.2, 0) is 17.8 Å². The Hall–Kier alpha value is -2.48. The van der Waals surface area contributed by atoms with E-state index in [1.54, 1.807) is 16.4 Å². The van der Waals surface area contributed by atoms with E-state index in [1.807, 2.05) is 44.4 Å². The molecular weight excluding hydrogens is 374 g/mol. The zero-order chi connectivity index (χ0) is 20.1. The second-order valence-electron chi connectivity index (χ2n) is 7.34. The SMILES string of the molecule is CSCCC(NC(=O)Cc1cc(=O)n(CC(C)C)[nH]1)c1nc2ccccc2[nH]1. The Morgan fingerprint density at radius 2 is 2.11 bits per heavy atom. The fourth-order valence-corrected chi connectivity index (χ4v) is 3.62. The number of imidazole rings is 1. The summed E-state index contributed by atoms with van der Waals surface area (Å²) in [4.78, 5) is 32.6. The maximum Gasteiger partial charge on any atom is 0.266 e. The molecule has 28 heavy (non-hydrogen) atoms. The zero-order valence-electron chi connectivity index (χ0n) is 16.5. The number of H-pyrrole nitrogens is 2. The van der Waals surface area contributed by atoms with Gasteiger partial charge in [0.25, 0.3) is 5.56 Å². The Balaban J connectivity index is 1.71. The Bertz CT molecular complexity index is 955. The zero-order valence-corrected chi connectivity index (χ0v) is 17.3. The third-order valence-corrected chi connectivity index (χ3v) is 5.07. The van der Waals surface area contributed by atoms with E-state index in [0.29, 0.717) is 18.2 Å². The van der Waals surface area contributed by atoms with Gasteiger partial charge in [0.2, 0.25) is 5.91 Å². The van der Waals surface area contributed by atoms with E-state index in [-0.39, 0.29) is 23.9 Å². The number of carbonyl (C=O) groups excluding carboxylic acids is 1. The summed E-state index contributed by atoms with van der Waals surface area (Å²) in [6, 6.07) is 9.13. The van der Waals surface area contributed by atoms with Crippen LogP contribution in [0.5, 0.6) is 0 Å². The smallest absolute Gasteiger partial charge is 0.266 e. The molecule has 7 nitrogen and oxygen atoms in total. The number of benzene rings is 1. The van der Waals surface area contributed by atoms with Gasteiger partial charge in [-0.1, -0.05) is 26.0 Å². The predicted octanol–water partition coefficient (Wildman–Crippen LogP) is 2.86. The molecule has 0 saturated carbocycles. The first-order chi connectivity index (χ1) is 13.5. The molecule has 150 valence electrons. The number of carbonyl (C=O) groups is 1. The van der Waals surface area contributed by atoms with Crippen molar-refractivity contribution in [2.24, 2.45) is 5.92 Å². The molecule has 1 atom stereocenters. The minimum absolute atomic E-state index is 0.104. The molecule has 2 heterocycles. The van der Waals surface area contributed by atoms with E-state index < -0.39 is 0 Å². The first kappa shape index (κ1) is 20.3. The summed E-state index contributed by atoms with van der Waals surface area (Å²) in [6.07, 6.45) is 2.95. The molecule has 0 aliphatic rings. The van der Waals surface area contributed by atoms with Crippen LogP contribution in [-0.4, -0.2) is 37.7 Å². The second-order valence-corrected chi connectivity index (χ2v) is 8.33. The van der Waals surface area contributed by atoms with Crippen molar-refractivity contribution < 1.29 is 4.79 Å². The number of aromatic nitrogens is 4. The van der Waals surface area contributed by atoms with Gasteiger partial charge in [-0.25, -0.2) is 4.98 Å². The van der Waals surface area contributed by atoms with Crippen molar-refractivity contribution in [3.63, 3.8) is 0 Å². The van der Waals surface area contributed by atoms with Crippen molar-refractivity contribution in [1.29, 1.82) is 0 Å². The highest BCUT2D eigenvalue weighted by molar-refractivity contribution is 7.98. The van der Waals surface area contributed by atoms with Gasteiger partial charge < -0.3 is 10.3 Å². The second kappa shape index (κ2) is 9.14. The number of hydrogen-bond donors (Lipinski definition) is 3. The number of nitrogens with one attached hydrogen (secondary N) is 3. The summed E-state index contributed by atoms with van der Waals surface area (Å²) in [5.74, 6) is 1.88. The largest absolute Gasteiger partial charge is 0.346 e. The molecule has 2 aromatic heterocycles. The third kappa shape index (κ3) is 5.07. The summed E-state index contributed by atoms with van der Waals surface area (Å²) < 4.78 is 1.55. The van der Waals surface area contributed by atoms with Crippen LogP contribution >= 0.6 is 11.8 Å². The van der Waals surface area contributed by atoms with Gasteiger partial charge in [0.1, 0.15) is 5.82 Å². The monoisotopic (exact) mass is 401 g/mol. The van der Waals surface area contributed by atoms with Gasteiger partial charge in [-0.3, -0.25) is 19.4 Å². The maximum absolute atomic E-state index is 12.6. The lowest BCUT2D eigenvalue weighted by Crippen LogP contribution is -2.31. The number of rotatable bonds is 9. The van der Waals surface area contributed by atoms with Gasteiger partial charge in [0.05, 0.1) is 23.5 Å². The summed E-state index contributed by atoms with van der Waals surface area (Å²) in [5, 5.41) is 6.11. The summed E-state index contributed by atoms with van der Waals surface area (Å²) in [5.41, 5.74) is 2.36. The fraction of sp³-hybridized carbons (Fsp3) is 0.450. The van der Waals surface area contributed by atoms with Crippen LogP contribution in [0.2, 0.25) is 0 Å². The van der Waals surface area contributed by atoms with E-state index in [9.17, 15) is 9.59 Å². The quantitative estimate of drug-likeness (QED) is 0.514. The summed E-state index contributed by atoms with van der Waals surface area (Å²) in [7, 11) is 0. The summed E-state index contributed by atoms with van der Waals surface area (Å²) in [6.45, 7) is 4.70. The van der Waals surface area contributed by atoms with Crippen LogP contribution in [0.4, 0.5) is 0 Å². The topological polar surface area (TPSA) is 95.6 Å². The lowest BCUT2D eigenvalue weighted by Gasteiger charge is -2.16. The van der Waals surface area contributed by atoms with Gasteiger partial charge in [0.15, 0.2) is 0 Å². The Morgan fingerprint density at radius 1 is 1.32 bits per heavy atom. The molecule has 1 amide bonds. The van der Waals surface area contributed by atoms with Crippen LogP contribution in [0.15, 0.2) is 35.1 Å². The van der Waals surface area contributed by atoms with E-state index >= 15 is 0 Å². The molecule has 0 aliphatic heterocycles. The molecule has 0 saturated heterocycles. The Morgan fingerprint density at radius 3 is 2.82 bits per heavy atom. The molecule has 3 rings (SSSR count). The average Bonchev–Trinajstić information content (AvgIpc) is 3.21. The lowest BCUT2D eigenvalue weighted by molar-refractivity contribution is -0.121. The third-order valence-electron chi connectivity index (χ3n) is 4.42. The van der Waals surface area contributed by atoms with Crippen molar-refractivity contribution in [2.75, 3.05) is 12.0 Å². The molecule has 0 radical (unpaired) electrons. The van der Waals surface area contributed by atoms with Crippen LogP contribution < -0.4 is 10.9 Å². The van der Waals surface area contributed by atoms with Crippen molar-refractivity contribution in [1.82, 2.24) is 25.1 Å². The van der Waals surface area contributed by atoms with E-state index in [2.05, 4.69) is 20.4 Å². The molecular formula is C20H27N5O2S. The van der Waals surface area contributed by atoms with Gasteiger partial charge in [0, 0.05) is 18.3 Å². The fourth-order valence-electron chi connectivity index (χ4n) is 3.15. The van der Waals surface area contributed by atoms with Gasteiger partial charge >= 0.3 is 0 Å². The number of fused-ring (bicyclic) bond motifs is 1. The number of thioether (sulfide) groups is 1. The van der Waals surface area contributed by atoms with E-state index in [4.69, 9.17) is 0 Å². The minimum Gasteiger partial charge on any atom is -0.346 e. The molecule has 0 fully saturated rings. The average molecular weight is 402 g/mol. The highest BCUT2D eigenvalue weighted by atomic mass is 32.2. The molecule has 3 aromatic rings. The standard InChI is InChI=1S/C20H27N5O2S/c1-13(2)12-25-19(27)11-14(24-25)10-18(26)21-17(8-9-28-3)20-22-15-6-4-5-7-16(15)23-20/h4-7,11,13,17,24H,8-10,12H2,1-3H3,(H,21,26)(H,22,23). The number of hydrogen-bond acceptors (Lipinski definition) is 4. The molecule has 0 bridgehead atoms. The van der Waals surface area contributed by atoms with Gasteiger partial charge in [-0.05, 0) is 36.5 Å². The Kier molecular flexibility index (Phi) is 6.61. The first-order valence-electron chi connectivity index (χ1n) is 9.48. The van der Waals surface area contributed by atoms with E-state index in [0.717, 1.165) is 29.0 Å². The number of nitrogens with zero attached hydrogens (tertiary/aromatic N) is 2. The van der Waals surface area contributed by atoms with Crippen molar-refractivity contribution in [3.8, 4) is 0 Å². The highest BCUT2D eigenvalue weighted by Crippen LogP contribution is 2.20. The molecule has 8 heteroatoms. The van der Waals surface area contributed by atoms with Crippen molar-refractivity contribution >= 4 is 28.7 Å². The molecule has 0 spiro atoms. The lowest BCUT2D eigenvalue weighted by atomic mass is 10.2. The van der Waals surface area contributed by atoms with Crippen LogP contribution in [0.1, 0.15) is 37.8 Å². The molecule has 0 aliphatic carbocycles. The van der Waals surface area contributed by atoms with Crippen LogP contribution in [0, 0.1) is 5.92 Å². The number of amides is 1. The molecule has 3 N–H and O–H groups in total. The maximum atomic E-state index is 12.6. The number of aromatic amines is 2. The van der Waals surface area contributed by atoms with E-state index in [1.165, 1.54) is 6.07 Å². The number of para-hydroxylation sites is 2. The van der Waals surface area contributed by atoms with Crippen LogP contribution in [0.3, 0.4) is 0 Å². The van der Waals surface area contributed by atoms with Crippen molar-refractivity contribution in [2.45, 2.75) is 39.3 Å². The Labute approximate surface area is 168 Å². The highest BCUT2D eigenvalue weighted by Gasteiger charge is 2.19. The van der Waals surface area contributed by atoms with Crippen molar-refractivity contribution in [3.05, 3.63) is 52.2 Å². The van der Waals surface area contributed by atoms with Gasteiger partial charge in [-0.15, -0.1) is 0 Å². The molecule has 1 aromatic carbocycles. The molecule has 1 unspecified atom stereocenters. The summed E-state index contributed by atoms with van der Waals surface area (Å²) >= 11 is 1.73. The van der Waals surface area contributed by atoms with Crippen LogP contribution in [0.25, 0.3) is 11.0 Å². The predicted molar refractivity (Wildman–Crippen MR) is 114 cm³/mol. The first-order valence-corrected chi connectivity index (χ1v) is 10.9. The normalized spacial score (nSPS) is 12.6. The minimum atomic E-state index is -0.197. The van der Waals surface area contributed by atoms with Gasteiger partial charge in [-0.2, -0.15) is 11.8 Å².